The van der Waals surface area contributed by atoms with Crippen LogP contribution in [0.1, 0.15) is 35.8 Å². The summed E-state index contributed by atoms with van der Waals surface area (Å²) in [6.07, 6.45) is -6.98. The minimum Gasteiger partial charge on any atom is -0.479 e. The van der Waals surface area contributed by atoms with Crippen LogP contribution in [0.15, 0.2) is 0 Å². The van der Waals surface area contributed by atoms with Crippen molar-refractivity contribution in [2.75, 3.05) is 0 Å². The lowest BCUT2D eigenvalue weighted by molar-refractivity contribution is -0.168. The van der Waals surface area contributed by atoms with E-state index in [4.69, 9.17) is 9.84 Å². The highest BCUT2D eigenvalue weighted by molar-refractivity contribution is 5.83. The van der Waals surface area contributed by atoms with Crippen LogP contribution in [0, 0.1) is 13.8 Å². The molecule has 10 heteroatoms. The summed E-state index contributed by atoms with van der Waals surface area (Å²) in [6, 6.07) is -2.23. The Morgan fingerprint density at radius 3 is 2.33 bits per heavy atom. The van der Waals surface area contributed by atoms with Crippen LogP contribution in [0.2, 0.25) is 0 Å². The second-order valence-electron chi connectivity index (χ2n) is 5.72. The first-order chi connectivity index (χ1) is 11.0. The van der Waals surface area contributed by atoms with Crippen molar-refractivity contribution in [3.05, 3.63) is 17.0 Å². The van der Waals surface area contributed by atoms with Gasteiger partial charge in [-0.2, -0.15) is 18.3 Å². The maximum Gasteiger partial charge on any atom is 0.413 e. The lowest BCUT2D eigenvalue weighted by Crippen LogP contribution is -2.43. The number of hydrogen-bond acceptors (Lipinski definition) is 4. The molecule has 1 aromatic heterocycles. The molecule has 1 saturated heterocycles. The van der Waals surface area contributed by atoms with Crippen molar-refractivity contribution in [2.24, 2.45) is 7.05 Å². The molecular weight excluding hydrogens is 331 g/mol. The number of aliphatic carboxylic acids is 1. The molecule has 0 aliphatic carbocycles. The maximum absolute atomic E-state index is 13.4. The number of halogens is 3. The third kappa shape index (κ3) is 3.53. The Morgan fingerprint density at radius 2 is 1.92 bits per heavy atom. The Morgan fingerprint density at radius 1 is 1.33 bits per heavy atom. The molecule has 2 rings (SSSR count). The van der Waals surface area contributed by atoms with E-state index in [1.165, 1.54) is 25.6 Å². The van der Waals surface area contributed by atoms with E-state index < -0.39 is 36.3 Å². The van der Waals surface area contributed by atoms with Crippen molar-refractivity contribution < 1.29 is 32.6 Å². The van der Waals surface area contributed by atoms with Crippen LogP contribution in [0.3, 0.4) is 0 Å². The molecule has 3 atom stereocenters. The number of alkyl halides is 3. The molecule has 1 aliphatic heterocycles. The first-order valence-corrected chi connectivity index (χ1v) is 7.27. The van der Waals surface area contributed by atoms with Crippen LogP contribution in [-0.4, -0.2) is 45.1 Å². The molecule has 0 aromatic carbocycles. The van der Waals surface area contributed by atoms with Gasteiger partial charge in [0.1, 0.15) is 6.10 Å². The molecule has 2 heterocycles. The number of aryl methyl sites for hydroxylation is 2. The van der Waals surface area contributed by atoms with Crippen LogP contribution in [0.25, 0.3) is 0 Å². The van der Waals surface area contributed by atoms with Gasteiger partial charge in [-0.15, -0.1) is 0 Å². The number of carbonyl (C=O) groups is 2. The largest absolute Gasteiger partial charge is 0.479 e. The summed E-state index contributed by atoms with van der Waals surface area (Å²) in [5, 5.41) is 14.7. The van der Waals surface area contributed by atoms with E-state index in [9.17, 15) is 22.8 Å². The summed E-state index contributed by atoms with van der Waals surface area (Å²) >= 11 is 0. The van der Waals surface area contributed by atoms with Gasteiger partial charge in [0.2, 0.25) is 5.91 Å². The molecule has 7 nitrogen and oxygen atoms in total. The van der Waals surface area contributed by atoms with Crippen molar-refractivity contribution in [3.8, 4) is 0 Å². The Hall–Kier alpha value is -2.10. The van der Waals surface area contributed by atoms with Gasteiger partial charge in [0.25, 0.3) is 0 Å². The van der Waals surface area contributed by atoms with Crippen molar-refractivity contribution in [3.63, 3.8) is 0 Å². The van der Waals surface area contributed by atoms with Gasteiger partial charge in [-0.1, -0.05) is 0 Å². The fourth-order valence-electron chi connectivity index (χ4n) is 2.77. The number of carboxylic acid groups (broad SMARTS) is 1. The highest BCUT2D eigenvalue weighted by Crippen LogP contribution is 2.36. The van der Waals surface area contributed by atoms with E-state index in [1.54, 1.807) is 0 Å². The number of aromatic nitrogens is 2. The highest BCUT2D eigenvalue weighted by atomic mass is 19.4. The van der Waals surface area contributed by atoms with Crippen LogP contribution < -0.4 is 5.32 Å². The van der Waals surface area contributed by atoms with Crippen LogP contribution in [0.5, 0.6) is 0 Å². The quantitative estimate of drug-likeness (QED) is 0.857. The summed E-state index contributed by atoms with van der Waals surface area (Å²) in [7, 11) is 1.51. The van der Waals surface area contributed by atoms with Crippen molar-refractivity contribution in [1.29, 1.82) is 0 Å². The van der Waals surface area contributed by atoms with Gasteiger partial charge >= 0.3 is 12.1 Å². The van der Waals surface area contributed by atoms with Gasteiger partial charge in [-0.25, -0.2) is 4.79 Å². The van der Waals surface area contributed by atoms with Gasteiger partial charge in [0.15, 0.2) is 12.1 Å². The third-order valence-electron chi connectivity index (χ3n) is 4.06. The first kappa shape index (κ1) is 18.2. The van der Waals surface area contributed by atoms with E-state index in [-0.39, 0.29) is 29.8 Å². The number of ether oxygens (including phenoxy) is 1. The second-order valence-corrected chi connectivity index (χ2v) is 5.72. The Labute approximate surface area is 135 Å². The zero-order valence-corrected chi connectivity index (χ0v) is 13.3. The molecule has 134 valence electrons. The molecule has 1 aromatic rings. The van der Waals surface area contributed by atoms with Gasteiger partial charge in [0, 0.05) is 18.3 Å². The predicted octanol–water partition coefficient (Wildman–Crippen LogP) is 1.39. The normalized spacial score (nSPS) is 22.4. The van der Waals surface area contributed by atoms with Crippen molar-refractivity contribution in [1.82, 2.24) is 15.1 Å². The van der Waals surface area contributed by atoms with E-state index in [1.807, 2.05) is 5.32 Å². The molecule has 0 bridgehead atoms. The standard InChI is InChI=1S/C14H18F3N3O4/c1-6-10(7(2)20(3)19-6)11(14(15,16)17)18-12(21)8-4-5-9(24-8)13(22)23/h8-9,11H,4-5H2,1-3H3,(H,18,21)(H,22,23)/t8-,9+,11?/m0/s1. The monoisotopic (exact) mass is 349 g/mol. The summed E-state index contributed by atoms with van der Waals surface area (Å²) < 4.78 is 46.6. The summed E-state index contributed by atoms with van der Waals surface area (Å²) in [6.45, 7) is 2.91. The van der Waals surface area contributed by atoms with Gasteiger partial charge < -0.3 is 15.2 Å². The topological polar surface area (TPSA) is 93.5 Å². The minimum atomic E-state index is -4.72. The van der Waals surface area contributed by atoms with Crippen LogP contribution >= 0.6 is 0 Å². The molecule has 1 aliphatic rings. The highest BCUT2D eigenvalue weighted by Gasteiger charge is 2.46. The zero-order chi connectivity index (χ0) is 18.2. The number of rotatable bonds is 4. The second kappa shape index (κ2) is 6.42. The number of carboxylic acids is 1. The fraction of sp³-hybridized carbons (Fsp3) is 0.643. The Kier molecular flexibility index (Phi) is 4.88. The number of amides is 1. The minimum absolute atomic E-state index is 0.0539. The molecule has 1 unspecified atom stereocenters. The average Bonchev–Trinajstić information content (AvgIpc) is 3.02. The maximum atomic E-state index is 13.4. The van der Waals surface area contributed by atoms with E-state index in [0.717, 1.165) is 0 Å². The number of hydrogen-bond donors (Lipinski definition) is 2. The molecule has 0 radical (unpaired) electrons. The number of nitrogens with zero attached hydrogens (tertiary/aromatic N) is 2. The average molecular weight is 349 g/mol. The van der Waals surface area contributed by atoms with Crippen molar-refractivity contribution in [2.45, 2.75) is 51.1 Å². The molecule has 1 fully saturated rings. The van der Waals surface area contributed by atoms with Crippen LogP contribution in [0.4, 0.5) is 13.2 Å². The number of carbonyl (C=O) groups excluding carboxylic acids is 1. The molecular formula is C14H18F3N3O4. The molecule has 1 amide bonds. The van der Waals surface area contributed by atoms with E-state index in [0.29, 0.717) is 0 Å². The number of nitrogens with one attached hydrogen (secondary N) is 1. The SMILES string of the molecule is Cc1nn(C)c(C)c1C(NC(=O)[C@@H]1CC[C@H](C(=O)O)O1)C(F)(F)F. The summed E-state index contributed by atoms with van der Waals surface area (Å²) in [5.41, 5.74) is 0.324. The van der Waals surface area contributed by atoms with Crippen LogP contribution in [-0.2, 0) is 21.4 Å². The Bertz CT molecular complexity index is 656. The summed E-state index contributed by atoms with van der Waals surface area (Å²) in [5.74, 6) is -2.22. The third-order valence-corrected chi connectivity index (χ3v) is 4.06. The molecule has 24 heavy (non-hydrogen) atoms. The van der Waals surface area contributed by atoms with Gasteiger partial charge in [-0.3, -0.25) is 9.48 Å². The first-order valence-electron chi connectivity index (χ1n) is 7.27. The predicted molar refractivity (Wildman–Crippen MR) is 75.2 cm³/mol. The van der Waals surface area contributed by atoms with E-state index >= 15 is 0 Å². The van der Waals surface area contributed by atoms with Crippen molar-refractivity contribution >= 4 is 11.9 Å². The molecule has 0 spiro atoms. The van der Waals surface area contributed by atoms with E-state index in [2.05, 4.69) is 5.10 Å². The van der Waals surface area contributed by atoms with Gasteiger partial charge in [0.05, 0.1) is 5.69 Å². The van der Waals surface area contributed by atoms with Gasteiger partial charge in [-0.05, 0) is 26.7 Å². The zero-order valence-electron chi connectivity index (χ0n) is 13.3. The Balaban J connectivity index is 2.22. The fourth-order valence-corrected chi connectivity index (χ4v) is 2.77. The lowest BCUT2D eigenvalue weighted by Gasteiger charge is -2.24. The molecule has 2 N–H and O–H groups in total. The molecule has 0 saturated carbocycles. The lowest BCUT2D eigenvalue weighted by atomic mass is 10.0. The summed E-state index contributed by atoms with van der Waals surface area (Å²) in [4.78, 5) is 22.9. The smallest absolute Gasteiger partial charge is 0.413 e.